The maximum atomic E-state index is 13.2. The van der Waals surface area contributed by atoms with Gasteiger partial charge < -0.3 is 0 Å². The molecule has 0 radical (unpaired) electrons. The SMILES string of the molecule is Fc1cccc(-n2cnnc2-c2ccn[nH]2)c1. The van der Waals surface area contributed by atoms with Crippen molar-refractivity contribution in [1.82, 2.24) is 25.0 Å². The Morgan fingerprint density at radius 3 is 2.94 bits per heavy atom. The number of H-pyrrole nitrogens is 1. The molecule has 1 aromatic carbocycles. The second kappa shape index (κ2) is 3.82. The van der Waals surface area contributed by atoms with E-state index in [2.05, 4.69) is 20.4 Å². The summed E-state index contributed by atoms with van der Waals surface area (Å²) in [5.74, 6) is 0.292. The molecule has 84 valence electrons. The second-order valence-electron chi connectivity index (χ2n) is 3.47. The summed E-state index contributed by atoms with van der Waals surface area (Å²) < 4.78 is 14.8. The van der Waals surface area contributed by atoms with Crippen LogP contribution >= 0.6 is 0 Å². The average Bonchev–Trinajstić information content (AvgIpc) is 3.00. The van der Waals surface area contributed by atoms with E-state index in [4.69, 9.17) is 0 Å². The Morgan fingerprint density at radius 2 is 2.18 bits per heavy atom. The van der Waals surface area contributed by atoms with E-state index < -0.39 is 0 Å². The number of benzene rings is 1. The van der Waals surface area contributed by atoms with Gasteiger partial charge in [-0.25, -0.2) is 4.39 Å². The summed E-state index contributed by atoms with van der Waals surface area (Å²) in [5, 5.41) is 14.5. The number of hydrogen-bond donors (Lipinski definition) is 1. The fourth-order valence-electron chi connectivity index (χ4n) is 1.61. The smallest absolute Gasteiger partial charge is 0.186 e. The Kier molecular flexibility index (Phi) is 2.18. The molecule has 0 saturated heterocycles. The minimum atomic E-state index is -0.299. The summed E-state index contributed by atoms with van der Waals surface area (Å²) >= 11 is 0. The van der Waals surface area contributed by atoms with E-state index in [1.807, 2.05) is 0 Å². The number of rotatable bonds is 2. The van der Waals surface area contributed by atoms with Crippen LogP contribution in [-0.4, -0.2) is 25.0 Å². The molecule has 0 atom stereocenters. The van der Waals surface area contributed by atoms with Crippen molar-refractivity contribution in [3.8, 4) is 17.2 Å². The first-order chi connectivity index (χ1) is 8.34. The maximum Gasteiger partial charge on any atom is 0.186 e. The first-order valence-corrected chi connectivity index (χ1v) is 5.00. The van der Waals surface area contributed by atoms with E-state index in [0.29, 0.717) is 11.5 Å². The van der Waals surface area contributed by atoms with Gasteiger partial charge in [-0.15, -0.1) is 10.2 Å². The molecule has 17 heavy (non-hydrogen) atoms. The molecule has 3 rings (SSSR count). The Balaban J connectivity index is 2.14. The van der Waals surface area contributed by atoms with Gasteiger partial charge in [-0.05, 0) is 24.3 Å². The molecule has 5 nitrogen and oxygen atoms in total. The van der Waals surface area contributed by atoms with E-state index in [1.165, 1.54) is 18.5 Å². The van der Waals surface area contributed by atoms with Gasteiger partial charge >= 0.3 is 0 Å². The van der Waals surface area contributed by atoms with E-state index in [9.17, 15) is 4.39 Å². The fraction of sp³-hybridized carbons (Fsp3) is 0. The molecule has 0 bridgehead atoms. The van der Waals surface area contributed by atoms with Crippen LogP contribution < -0.4 is 0 Å². The van der Waals surface area contributed by atoms with Gasteiger partial charge in [-0.1, -0.05) is 6.07 Å². The molecule has 0 amide bonds. The Labute approximate surface area is 95.9 Å². The second-order valence-corrected chi connectivity index (χ2v) is 3.47. The van der Waals surface area contributed by atoms with Gasteiger partial charge in [0.05, 0.1) is 5.69 Å². The molecule has 0 aliphatic heterocycles. The highest BCUT2D eigenvalue weighted by Gasteiger charge is 2.10. The molecule has 6 heteroatoms. The van der Waals surface area contributed by atoms with E-state index in [1.54, 1.807) is 29.0 Å². The average molecular weight is 229 g/mol. The lowest BCUT2D eigenvalue weighted by molar-refractivity contribution is 0.626. The molecule has 0 saturated carbocycles. The molecular formula is C11H8FN5. The van der Waals surface area contributed by atoms with Crippen LogP contribution in [0.5, 0.6) is 0 Å². The van der Waals surface area contributed by atoms with Crippen molar-refractivity contribution < 1.29 is 4.39 Å². The zero-order chi connectivity index (χ0) is 11.7. The van der Waals surface area contributed by atoms with Crippen LogP contribution in [0.2, 0.25) is 0 Å². The lowest BCUT2D eigenvalue weighted by atomic mass is 10.3. The molecule has 0 fully saturated rings. The number of nitrogens with zero attached hydrogens (tertiary/aromatic N) is 4. The Bertz CT molecular complexity index is 629. The van der Waals surface area contributed by atoms with Crippen molar-refractivity contribution in [2.75, 3.05) is 0 Å². The summed E-state index contributed by atoms with van der Waals surface area (Å²) in [6.07, 6.45) is 3.16. The number of aromatic amines is 1. The molecule has 2 heterocycles. The van der Waals surface area contributed by atoms with Gasteiger partial charge in [-0.2, -0.15) is 5.10 Å². The van der Waals surface area contributed by atoms with E-state index in [-0.39, 0.29) is 5.82 Å². The van der Waals surface area contributed by atoms with Crippen LogP contribution in [0.25, 0.3) is 17.2 Å². The van der Waals surface area contributed by atoms with Crippen LogP contribution in [0.1, 0.15) is 0 Å². The molecule has 2 aromatic heterocycles. The fourth-order valence-corrected chi connectivity index (χ4v) is 1.61. The highest BCUT2D eigenvalue weighted by Crippen LogP contribution is 2.18. The summed E-state index contributed by atoms with van der Waals surface area (Å²) in [5.41, 5.74) is 1.39. The number of nitrogens with one attached hydrogen (secondary N) is 1. The highest BCUT2D eigenvalue weighted by atomic mass is 19.1. The number of aromatic nitrogens is 5. The van der Waals surface area contributed by atoms with Crippen molar-refractivity contribution in [3.63, 3.8) is 0 Å². The van der Waals surface area contributed by atoms with E-state index >= 15 is 0 Å². The van der Waals surface area contributed by atoms with Crippen LogP contribution in [-0.2, 0) is 0 Å². The molecule has 1 N–H and O–H groups in total. The van der Waals surface area contributed by atoms with Gasteiger partial charge in [0.15, 0.2) is 5.82 Å². The van der Waals surface area contributed by atoms with Crippen LogP contribution in [0.3, 0.4) is 0 Å². The molecule has 0 spiro atoms. The molecule has 3 aromatic rings. The predicted molar refractivity (Wildman–Crippen MR) is 58.9 cm³/mol. The largest absolute Gasteiger partial charge is 0.280 e. The third-order valence-corrected chi connectivity index (χ3v) is 2.38. The van der Waals surface area contributed by atoms with Crippen LogP contribution in [0.15, 0.2) is 42.9 Å². The van der Waals surface area contributed by atoms with Crippen molar-refractivity contribution in [2.45, 2.75) is 0 Å². The summed E-state index contributed by atoms with van der Waals surface area (Å²) in [7, 11) is 0. The normalized spacial score (nSPS) is 10.6. The topological polar surface area (TPSA) is 59.4 Å². The van der Waals surface area contributed by atoms with Crippen LogP contribution in [0.4, 0.5) is 4.39 Å². The summed E-state index contributed by atoms with van der Waals surface area (Å²) in [4.78, 5) is 0. The third-order valence-electron chi connectivity index (χ3n) is 2.38. The van der Waals surface area contributed by atoms with E-state index in [0.717, 1.165) is 5.69 Å². The van der Waals surface area contributed by atoms with Gasteiger partial charge in [0.25, 0.3) is 0 Å². The van der Waals surface area contributed by atoms with Gasteiger partial charge in [0.1, 0.15) is 17.8 Å². The molecule has 0 aliphatic carbocycles. The van der Waals surface area contributed by atoms with Gasteiger partial charge in [0.2, 0.25) is 0 Å². The van der Waals surface area contributed by atoms with Crippen LogP contribution in [0, 0.1) is 5.82 Å². The minimum absolute atomic E-state index is 0.299. The third kappa shape index (κ3) is 1.69. The summed E-state index contributed by atoms with van der Waals surface area (Å²) in [6.45, 7) is 0. The van der Waals surface area contributed by atoms with Crippen molar-refractivity contribution >= 4 is 0 Å². The molecule has 0 unspecified atom stereocenters. The van der Waals surface area contributed by atoms with Crippen molar-refractivity contribution in [2.24, 2.45) is 0 Å². The monoisotopic (exact) mass is 229 g/mol. The zero-order valence-corrected chi connectivity index (χ0v) is 8.71. The lowest BCUT2D eigenvalue weighted by Gasteiger charge is -2.04. The minimum Gasteiger partial charge on any atom is -0.280 e. The Morgan fingerprint density at radius 1 is 1.24 bits per heavy atom. The maximum absolute atomic E-state index is 13.2. The first-order valence-electron chi connectivity index (χ1n) is 5.00. The predicted octanol–water partition coefficient (Wildman–Crippen LogP) is 1.80. The zero-order valence-electron chi connectivity index (χ0n) is 8.71. The molecular weight excluding hydrogens is 221 g/mol. The van der Waals surface area contributed by atoms with Gasteiger partial charge in [0, 0.05) is 6.20 Å². The van der Waals surface area contributed by atoms with Crippen molar-refractivity contribution in [3.05, 3.63) is 48.7 Å². The standard InChI is InChI=1S/C11H8FN5/c12-8-2-1-3-9(6-8)17-7-14-16-11(17)10-4-5-13-15-10/h1-7H,(H,13,15). The number of hydrogen-bond acceptors (Lipinski definition) is 3. The summed E-state index contributed by atoms with van der Waals surface area (Å²) in [6, 6.07) is 8.01. The quantitative estimate of drug-likeness (QED) is 0.728. The number of halogens is 1. The lowest BCUT2D eigenvalue weighted by Crippen LogP contribution is -1.97. The highest BCUT2D eigenvalue weighted by molar-refractivity contribution is 5.52. The Hall–Kier alpha value is -2.50. The first kappa shape index (κ1) is 9.71. The van der Waals surface area contributed by atoms with Crippen molar-refractivity contribution in [1.29, 1.82) is 0 Å². The molecule has 0 aliphatic rings. The van der Waals surface area contributed by atoms with Gasteiger partial charge in [-0.3, -0.25) is 9.67 Å².